The highest BCUT2D eigenvalue weighted by Gasteiger charge is 2.30. The van der Waals surface area contributed by atoms with Gasteiger partial charge in [0, 0.05) is 19.1 Å². The molecular formula is C11H19Cl2N3OS. The highest BCUT2D eigenvalue weighted by Crippen LogP contribution is 2.22. The predicted molar refractivity (Wildman–Crippen MR) is 79.3 cm³/mol. The average Bonchev–Trinajstić information content (AvgIpc) is 2.87. The van der Waals surface area contributed by atoms with Crippen LogP contribution in [-0.2, 0) is 0 Å². The molecular weight excluding hydrogens is 293 g/mol. The topological polar surface area (TPSA) is 45.2 Å². The summed E-state index contributed by atoms with van der Waals surface area (Å²) in [4.78, 5) is 19.2. The molecule has 0 saturated carbocycles. The monoisotopic (exact) mass is 311 g/mol. The molecule has 1 amide bonds. The minimum atomic E-state index is 0. The molecule has 0 bridgehead atoms. The Balaban J connectivity index is 0.00000144. The Morgan fingerprint density at radius 1 is 1.61 bits per heavy atom. The zero-order valence-electron chi connectivity index (χ0n) is 10.5. The highest BCUT2D eigenvalue weighted by molar-refractivity contribution is 7.11. The number of nitrogens with zero attached hydrogens (tertiary/aromatic N) is 2. The molecule has 1 fully saturated rings. The van der Waals surface area contributed by atoms with Gasteiger partial charge < -0.3 is 10.2 Å². The average molecular weight is 312 g/mol. The molecule has 4 nitrogen and oxygen atoms in total. The molecule has 2 heterocycles. The van der Waals surface area contributed by atoms with E-state index >= 15 is 0 Å². The number of likely N-dealkylation sites (N-methyl/N-ethyl adjacent to an activating group) is 1. The number of thiazole rings is 1. The molecule has 1 aliphatic rings. The Kier molecular flexibility index (Phi) is 7.78. The van der Waals surface area contributed by atoms with E-state index in [0.29, 0.717) is 6.04 Å². The molecule has 18 heavy (non-hydrogen) atoms. The molecule has 1 aromatic rings. The van der Waals surface area contributed by atoms with Gasteiger partial charge in [-0.15, -0.1) is 36.2 Å². The number of aromatic nitrogens is 1. The molecule has 0 spiro atoms. The number of aryl methyl sites for hydroxylation is 1. The molecule has 0 aromatic carbocycles. The van der Waals surface area contributed by atoms with Gasteiger partial charge in [-0.3, -0.25) is 4.79 Å². The summed E-state index contributed by atoms with van der Waals surface area (Å²) in [5.74, 6) is 0.151. The minimum Gasteiger partial charge on any atom is -0.334 e. The third kappa shape index (κ3) is 3.57. The van der Waals surface area contributed by atoms with E-state index in [9.17, 15) is 4.79 Å². The van der Waals surface area contributed by atoms with Crippen molar-refractivity contribution in [2.75, 3.05) is 20.1 Å². The van der Waals surface area contributed by atoms with E-state index in [1.165, 1.54) is 11.3 Å². The first kappa shape index (κ1) is 17.6. The van der Waals surface area contributed by atoms with Crippen molar-refractivity contribution < 1.29 is 4.79 Å². The lowest BCUT2D eigenvalue weighted by molar-refractivity contribution is 0.0741. The molecule has 1 atom stereocenters. The van der Waals surface area contributed by atoms with Crippen molar-refractivity contribution >= 4 is 42.1 Å². The lowest BCUT2D eigenvalue weighted by Gasteiger charge is -2.24. The first-order chi connectivity index (χ1) is 7.74. The number of nitrogens with one attached hydrogen (secondary N) is 1. The highest BCUT2D eigenvalue weighted by atomic mass is 35.5. The lowest BCUT2D eigenvalue weighted by Crippen LogP contribution is -2.40. The summed E-state index contributed by atoms with van der Waals surface area (Å²) < 4.78 is 0. The van der Waals surface area contributed by atoms with Crippen LogP contribution in [0.3, 0.4) is 0 Å². The van der Waals surface area contributed by atoms with Gasteiger partial charge in [-0.1, -0.05) is 0 Å². The maximum absolute atomic E-state index is 12.3. The van der Waals surface area contributed by atoms with Crippen LogP contribution in [0.25, 0.3) is 0 Å². The second-order valence-electron chi connectivity index (χ2n) is 4.12. The quantitative estimate of drug-likeness (QED) is 0.930. The standard InChI is InChI=1S/C11H17N3OS.2ClH/c1-8-10(16-7-13-8)11(15)14-5-3-4-9(14)6-12-2;;/h7,9,12H,3-6H2,1-2H3;2*1H. The van der Waals surface area contributed by atoms with Crippen molar-refractivity contribution in [1.82, 2.24) is 15.2 Å². The molecule has 1 aliphatic heterocycles. The first-order valence-corrected chi connectivity index (χ1v) is 6.47. The molecule has 1 N–H and O–H groups in total. The first-order valence-electron chi connectivity index (χ1n) is 5.59. The SMILES string of the molecule is CNCC1CCCN1C(=O)c1scnc1C.Cl.Cl. The van der Waals surface area contributed by atoms with Gasteiger partial charge in [-0.25, -0.2) is 4.98 Å². The number of carbonyl (C=O) groups excluding carboxylic acids is 1. The fourth-order valence-electron chi connectivity index (χ4n) is 2.19. The van der Waals surface area contributed by atoms with Gasteiger partial charge in [0.1, 0.15) is 4.88 Å². The Bertz CT molecular complexity index is 386. The number of hydrogen-bond acceptors (Lipinski definition) is 4. The van der Waals surface area contributed by atoms with Crippen molar-refractivity contribution in [2.45, 2.75) is 25.8 Å². The van der Waals surface area contributed by atoms with Crippen LogP contribution in [0.5, 0.6) is 0 Å². The van der Waals surface area contributed by atoms with Crippen LogP contribution < -0.4 is 5.32 Å². The zero-order valence-corrected chi connectivity index (χ0v) is 13.0. The maximum atomic E-state index is 12.3. The van der Waals surface area contributed by atoms with E-state index in [4.69, 9.17) is 0 Å². The molecule has 0 radical (unpaired) electrons. The fraction of sp³-hybridized carbons (Fsp3) is 0.636. The van der Waals surface area contributed by atoms with Crippen LogP contribution >= 0.6 is 36.2 Å². The fourth-order valence-corrected chi connectivity index (χ4v) is 2.95. The number of likely N-dealkylation sites (tertiary alicyclic amines) is 1. The van der Waals surface area contributed by atoms with E-state index in [1.54, 1.807) is 5.51 Å². The van der Waals surface area contributed by atoms with Crippen LogP contribution in [0.4, 0.5) is 0 Å². The van der Waals surface area contributed by atoms with Gasteiger partial charge in [0.2, 0.25) is 0 Å². The second-order valence-corrected chi connectivity index (χ2v) is 4.97. The Morgan fingerprint density at radius 2 is 2.33 bits per heavy atom. The summed E-state index contributed by atoms with van der Waals surface area (Å²) >= 11 is 1.44. The predicted octanol–water partition coefficient (Wildman–Crippen LogP) is 2.12. The van der Waals surface area contributed by atoms with E-state index in [1.807, 2.05) is 18.9 Å². The van der Waals surface area contributed by atoms with Gasteiger partial charge in [0.25, 0.3) is 5.91 Å². The van der Waals surface area contributed by atoms with E-state index in [-0.39, 0.29) is 30.7 Å². The van der Waals surface area contributed by atoms with Crippen LogP contribution in [0, 0.1) is 6.92 Å². The normalized spacial score (nSPS) is 18.1. The van der Waals surface area contributed by atoms with Crippen molar-refractivity contribution in [2.24, 2.45) is 0 Å². The Labute approximate surface area is 124 Å². The largest absolute Gasteiger partial charge is 0.334 e. The second kappa shape index (κ2) is 7.94. The van der Waals surface area contributed by atoms with E-state index in [2.05, 4.69) is 10.3 Å². The molecule has 1 unspecified atom stereocenters. The van der Waals surface area contributed by atoms with E-state index in [0.717, 1.165) is 36.5 Å². The van der Waals surface area contributed by atoms with Crippen molar-refractivity contribution in [3.63, 3.8) is 0 Å². The van der Waals surface area contributed by atoms with Crippen LogP contribution in [0.2, 0.25) is 0 Å². The molecule has 1 saturated heterocycles. The van der Waals surface area contributed by atoms with Crippen LogP contribution in [0.15, 0.2) is 5.51 Å². The van der Waals surface area contributed by atoms with Gasteiger partial charge in [0.15, 0.2) is 0 Å². The van der Waals surface area contributed by atoms with Gasteiger partial charge in [-0.05, 0) is 26.8 Å². The third-order valence-corrected chi connectivity index (χ3v) is 3.93. The van der Waals surface area contributed by atoms with Gasteiger partial charge in [0.05, 0.1) is 11.2 Å². The summed E-state index contributed by atoms with van der Waals surface area (Å²) in [6, 6.07) is 0.346. The van der Waals surface area contributed by atoms with E-state index < -0.39 is 0 Å². The summed E-state index contributed by atoms with van der Waals surface area (Å²) in [5.41, 5.74) is 2.59. The molecule has 2 rings (SSSR count). The zero-order chi connectivity index (χ0) is 11.5. The van der Waals surface area contributed by atoms with Gasteiger partial charge >= 0.3 is 0 Å². The number of rotatable bonds is 3. The molecule has 1 aromatic heterocycles. The Hall–Kier alpha value is -0.360. The number of carbonyl (C=O) groups is 1. The van der Waals surface area contributed by atoms with Gasteiger partial charge in [-0.2, -0.15) is 0 Å². The van der Waals surface area contributed by atoms with Crippen molar-refractivity contribution in [3.05, 3.63) is 16.1 Å². The number of amides is 1. The number of halogens is 2. The number of hydrogen-bond donors (Lipinski definition) is 1. The molecule has 0 aliphatic carbocycles. The summed E-state index contributed by atoms with van der Waals surface area (Å²) in [7, 11) is 1.93. The smallest absolute Gasteiger partial charge is 0.266 e. The Morgan fingerprint density at radius 3 is 2.89 bits per heavy atom. The third-order valence-electron chi connectivity index (χ3n) is 3.02. The van der Waals surface area contributed by atoms with Crippen molar-refractivity contribution in [3.8, 4) is 0 Å². The molecule has 104 valence electrons. The van der Waals surface area contributed by atoms with Crippen LogP contribution in [-0.4, -0.2) is 42.0 Å². The summed E-state index contributed by atoms with van der Waals surface area (Å²) in [5, 5.41) is 3.15. The summed E-state index contributed by atoms with van der Waals surface area (Å²) in [6.45, 7) is 3.65. The summed E-state index contributed by atoms with van der Waals surface area (Å²) in [6.07, 6.45) is 2.21. The van der Waals surface area contributed by atoms with Crippen molar-refractivity contribution in [1.29, 1.82) is 0 Å². The minimum absolute atomic E-state index is 0. The van der Waals surface area contributed by atoms with Crippen LogP contribution in [0.1, 0.15) is 28.2 Å². The maximum Gasteiger partial charge on any atom is 0.266 e. The molecule has 7 heteroatoms. The lowest BCUT2D eigenvalue weighted by atomic mass is 10.2.